The van der Waals surface area contributed by atoms with E-state index in [4.69, 9.17) is 27.9 Å². The molecule has 0 bridgehead atoms. The highest BCUT2D eigenvalue weighted by atomic mass is 35.5. The highest BCUT2D eigenvalue weighted by Crippen LogP contribution is 2.17. The first-order valence-electron chi connectivity index (χ1n) is 2.05. The molecule has 1 heterocycles. The molecule has 49 valence electrons. The maximum atomic E-state index is 5.27. The molecular formula is C4H2Cl2NOS. The number of alkyl halides is 2. The van der Waals surface area contributed by atoms with Crippen molar-refractivity contribution in [3.63, 3.8) is 0 Å². The number of hydrogen-bond acceptors (Lipinski definition) is 3. The van der Waals surface area contributed by atoms with Gasteiger partial charge >= 0.3 is 0 Å². The van der Waals surface area contributed by atoms with Gasteiger partial charge < -0.3 is 4.74 Å². The minimum Gasteiger partial charge on any atom is -0.436 e. The van der Waals surface area contributed by atoms with Gasteiger partial charge in [-0.25, -0.2) is 4.98 Å². The Balaban J connectivity index is 2.48. The van der Waals surface area contributed by atoms with Crippen molar-refractivity contribution >= 4 is 34.5 Å². The van der Waals surface area contributed by atoms with Crippen molar-refractivity contribution in [2.24, 2.45) is 0 Å². The standard InChI is InChI=1S/C4H2Cl2NOS/c5-3(6)8-4-7-1-2-9-4/h2-3H. The monoisotopic (exact) mass is 182 g/mol. The van der Waals surface area contributed by atoms with Crippen LogP contribution in [0.5, 0.6) is 5.19 Å². The third kappa shape index (κ3) is 2.39. The largest absolute Gasteiger partial charge is 0.436 e. The van der Waals surface area contributed by atoms with Gasteiger partial charge in [0.2, 0.25) is 0 Å². The number of thiazole rings is 1. The molecule has 5 heteroatoms. The molecule has 0 aliphatic rings. The fourth-order valence-electron chi connectivity index (χ4n) is 0.313. The van der Waals surface area contributed by atoms with Crippen LogP contribution in [0.15, 0.2) is 5.38 Å². The van der Waals surface area contributed by atoms with Crippen molar-refractivity contribution in [2.75, 3.05) is 0 Å². The molecule has 0 aliphatic carbocycles. The summed E-state index contributed by atoms with van der Waals surface area (Å²) in [5.41, 5.74) is 0. The molecule has 1 aromatic heterocycles. The molecule has 1 rings (SSSR count). The normalized spacial score (nSPS) is 10.1. The third-order valence-corrected chi connectivity index (χ3v) is 1.35. The summed E-state index contributed by atoms with van der Waals surface area (Å²) in [6.45, 7) is 0. The van der Waals surface area contributed by atoms with Crippen molar-refractivity contribution in [1.82, 2.24) is 4.98 Å². The van der Waals surface area contributed by atoms with E-state index in [1.807, 2.05) is 0 Å². The molecule has 0 N–H and O–H groups in total. The van der Waals surface area contributed by atoms with Crippen LogP contribution in [0, 0.1) is 6.20 Å². The Kier molecular flexibility index (Phi) is 2.57. The molecule has 0 amide bonds. The van der Waals surface area contributed by atoms with Crippen LogP contribution < -0.4 is 4.74 Å². The average Bonchev–Trinajstić information content (AvgIpc) is 2.15. The van der Waals surface area contributed by atoms with Gasteiger partial charge in [0, 0.05) is 5.38 Å². The van der Waals surface area contributed by atoms with Gasteiger partial charge in [-0.15, -0.1) is 0 Å². The maximum Gasteiger partial charge on any atom is 0.276 e. The van der Waals surface area contributed by atoms with Crippen LogP contribution in [0.1, 0.15) is 0 Å². The van der Waals surface area contributed by atoms with Gasteiger partial charge in [0.25, 0.3) is 10.2 Å². The van der Waals surface area contributed by atoms with Crippen LogP contribution in [0.2, 0.25) is 0 Å². The molecule has 0 saturated heterocycles. The van der Waals surface area contributed by atoms with E-state index in [0.717, 1.165) is 0 Å². The predicted molar refractivity (Wildman–Crippen MR) is 37.1 cm³/mol. The maximum absolute atomic E-state index is 5.27. The second-order valence-electron chi connectivity index (χ2n) is 1.12. The van der Waals surface area contributed by atoms with E-state index in [-0.39, 0.29) is 0 Å². The van der Waals surface area contributed by atoms with Crippen molar-refractivity contribution in [2.45, 2.75) is 5.02 Å². The number of ether oxygens (including phenoxy) is 1. The van der Waals surface area contributed by atoms with Gasteiger partial charge in [-0.05, 0) is 0 Å². The lowest BCUT2D eigenvalue weighted by molar-refractivity contribution is 0.352. The summed E-state index contributed by atoms with van der Waals surface area (Å²) >= 11 is 11.8. The molecule has 0 saturated carbocycles. The summed E-state index contributed by atoms with van der Waals surface area (Å²) in [4.78, 5) is 3.66. The van der Waals surface area contributed by atoms with Gasteiger partial charge in [-0.3, -0.25) is 0 Å². The zero-order valence-corrected chi connectivity index (χ0v) is 6.50. The van der Waals surface area contributed by atoms with Gasteiger partial charge in [-0.2, -0.15) is 0 Å². The van der Waals surface area contributed by atoms with E-state index in [2.05, 4.69) is 11.2 Å². The Morgan fingerprint density at radius 2 is 2.56 bits per heavy atom. The number of halogens is 2. The van der Waals surface area contributed by atoms with Crippen molar-refractivity contribution in [1.29, 1.82) is 0 Å². The Morgan fingerprint density at radius 1 is 1.78 bits per heavy atom. The zero-order valence-electron chi connectivity index (χ0n) is 4.17. The lowest BCUT2D eigenvalue weighted by atomic mass is 11.0. The number of hydrogen-bond donors (Lipinski definition) is 0. The first kappa shape index (κ1) is 7.12. The second kappa shape index (κ2) is 3.25. The van der Waals surface area contributed by atoms with Gasteiger partial charge in [-0.1, -0.05) is 34.5 Å². The number of rotatable bonds is 2. The van der Waals surface area contributed by atoms with E-state index in [1.165, 1.54) is 11.3 Å². The minimum absolute atomic E-state index is 0.435. The van der Waals surface area contributed by atoms with Crippen LogP contribution >= 0.6 is 34.5 Å². The van der Waals surface area contributed by atoms with E-state index in [9.17, 15) is 0 Å². The summed E-state index contributed by atoms with van der Waals surface area (Å²) in [7, 11) is 0. The minimum atomic E-state index is -0.843. The fraction of sp³-hybridized carbons (Fsp3) is 0.250. The molecule has 1 radical (unpaired) electrons. The lowest BCUT2D eigenvalue weighted by Gasteiger charge is -1.98. The van der Waals surface area contributed by atoms with E-state index in [1.54, 1.807) is 5.38 Å². The Morgan fingerprint density at radius 3 is 3.00 bits per heavy atom. The van der Waals surface area contributed by atoms with Crippen molar-refractivity contribution in [3.05, 3.63) is 11.6 Å². The average molecular weight is 183 g/mol. The highest BCUT2D eigenvalue weighted by molar-refractivity contribution is 7.11. The zero-order chi connectivity index (χ0) is 6.69. The smallest absolute Gasteiger partial charge is 0.276 e. The summed E-state index contributed by atoms with van der Waals surface area (Å²) in [5, 5.41) is 1.25. The van der Waals surface area contributed by atoms with Crippen LogP contribution in [0.4, 0.5) is 0 Å². The summed E-state index contributed by atoms with van der Waals surface area (Å²) < 4.78 is 4.76. The topological polar surface area (TPSA) is 22.1 Å². The summed E-state index contributed by atoms with van der Waals surface area (Å²) in [6.07, 6.45) is 2.56. The van der Waals surface area contributed by atoms with Gasteiger partial charge in [0.15, 0.2) is 0 Å². The molecule has 0 aliphatic heterocycles. The summed E-state index contributed by atoms with van der Waals surface area (Å²) in [5.74, 6) is 0. The molecule has 0 atom stereocenters. The Hall–Kier alpha value is 0.01000. The van der Waals surface area contributed by atoms with Gasteiger partial charge in [0.05, 0.1) is 0 Å². The number of nitrogens with zero attached hydrogens (tertiary/aromatic N) is 1. The van der Waals surface area contributed by atoms with E-state index >= 15 is 0 Å². The van der Waals surface area contributed by atoms with Crippen LogP contribution in [-0.4, -0.2) is 10.0 Å². The van der Waals surface area contributed by atoms with Crippen LogP contribution in [0.3, 0.4) is 0 Å². The second-order valence-corrected chi connectivity index (χ2v) is 2.96. The van der Waals surface area contributed by atoms with E-state index < -0.39 is 5.02 Å². The fourth-order valence-corrected chi connectivity index (χ4v) is 1.05. The van der Waals surface area contributed by atoms with Crippen LogP contribution in [0.25, 0.3) is 0 Å². The first-order valence-corrected chi connectivity index (χ1v) is 3.80. The SMILES string of the molecule is ClC(Cl)Oc1n[c]cs1. The van der Waals surface area contributed by atoms with Crippen LogP contribution in [-0.2, 0) is 0 Å². The van der Waals surface area contributed by atoms with E-state index in [0.29, 0.717) is 5.19 Å². The molecule has 1 aromatic rings. The molecule has 0 aromatic carbocycles. The first-order chi connectivity index (χ1) is 4.29. The quantitative estimate of drug-likeness (QED) is 0.654. The Bertz CT molecular complexity index is 165. The lowest BCUT2D eigenvalue weighted by Crippen LogP contribution is -1.97. The molecule has 0 fully saturated rings. The molecule has 0 spiro atoms. The third-order valence-electron chi connectivity index (χ3n) is 0.558. The molecule has 2 nitrogen and oxygen atoms in total. The summed E-state index contributed by atoms with van der Waals surface area (Å²) in [6, 6.07) is 0. The number of aromatic nitrogens is 1. The van der Waals surface area contributed by atoms with Crippen molar-refractivity contribution in [3.8, 4) is 5.19 Å². The van der Waals surface area contributed by atoms with Crippen molar-refractivity contribution < 1.29 is 4.74 Å². The molecule has 0 unspecified atom stereocenters. The predicted octanol–water partition coefficient (Wildman–Crippen LogP) is 2.08. The Labute approximate surface area is 66.4 Å². The van der Waals surface area contributed by atoms with Gasteiger partial charge in [0.1, 0.15) is 6.20 Å². The highest BCUT2D eigenvalue weighted by Gasteiger charge is 2.01. The molecule has 9 heavy (non-hydrogen) atoms. The molecular weight excluding hydrogens is 181 g/mol.